The monoisotopic (exact) mass is 284 g/mol. The second-order valence-corrected chi connectivity index (χ2v) is 6.06. The largest absolute Gasteiger partial charge is 0.306 e. The Morgan fingerprint density at radius 2 is 1.30 bits per heavy atom. The molecule has 0 N–H and O–H groups in total. The number of likely N-dealkylation sites (tertiary alicyclic amines) is 2. The van der Waals surface area contributed by atoms with Gasteiger partial charge in [0.15, 0.2) is 0 Å². The van der Waals surface area contributed by atoms with E-state index in [0.29, 0.717) is 0 Å². The molecule has 0 amide bonds. The van der Waals surface area contributed by atoms with Crippen molar-refractivity contribution >= 4 is 0 Å². The topological polar surface area (TPSA) is 6.48 Å². The third-order valence-electron chi connectivity index (χ3n) is 4.57. The van der Waals surface area contributed by atoms with Crippen molar-refractivity contribution in [3.05, 3.63) is 0 Å². The first kappa shape index (κ1) is 19.9. The maximum absolute atomic E-state index is 2.69. The Morgan fingerprint density at radius 3 is 1.80 bits per heavy atom. The molecule has 2 saturated heterocycles. The van der Waals surface area contributed by atoms with Crippen LogP contribution in [0.5, 0.6) is 0 Å². The molecule has 2 rings (SSSR count). The average Bonchev–Trinajstić information content (AvgIpc) is 2.52. The van der Waals surface area contributed by atoms with Gasteiger partial charge in [0.25, 0.3) is 0 Å². The Labute approximate surface area is 128 Å². The van der Waals surface area contributed by atoms with Crippen molar-refractivity contribution in [3.63, 3.8) is 0 Å². The molecule has 2 nitrogen and oxygen atoms in total. The van der Waals surface area contributed by atoms with E-state index in [1.54, 1.807) is 0 Å². The second kappa shape index (κ2) is 12.6. The highest BCUT2D eigenvalue weighted by Gasteiger charge is 2.19. The SMILES string of the molecule is CC.CC.CC1CCN(CCC2CCN(C)CC2)CC1. The lowest BCUT2D eigenvalue weighted by atomic mass is 9.92. The molecule has 122 valence electrons. The normalized spacial score (nSPS) is 22.5. The molecule has 0 aromatic carbocycles. The molecule has 0 atom stereocenters. The molecule has 2 heteroatoms. The highest BCUT2D eigenvalue weighted by atomic mass is 15.1. The van der Waals surface area contributed by atoms with Gasteiger partial charge in [-0.3, -0.25) is 0 Å². The molecule has 0 spiro atoms. The van der Waals surface area contributed by atoms with E-state index in [4.69, 9.17) is 0 Å². The van der Waals surface area contributed by atoms with Crippen molar-refractivity contribution in [2.75, 3.05) is 39.8 Å². The van der Waals surface area contributed by atoms with E-state index < -0.39 is 0 Å². The van der Waals surface area contributed by atoms with Gasteiger partial charge in [-0.1, -0.05) is 34.6 Å². The van der Waals surface area contributed by atoms with E-state index in [1.165, 1.54) is 64.8 Å². The van der Waals surface area contributed by atoms with Gasteiger partial charge in [-0.25, -0.2) is 0 Å². The Balaban J connectivity index is 0.000000829. The van der Waals surface area contributed by atoms with Gasteiger partial charge in [0.2, 0.25) is 0 Å². The van der Waals surface area contributed by atoms with Crippen molar-refractivity contribution in [3.8, 4) is 0 Å². The lowest BCUT2D eigenvalue weighted by molar-refractivity contribution is 0.158. The molecule has 0 saturated carbocycles. The van der Waals surface area contributed by atoms with Crippen LogP contribution in [-0.4, -0.2) is 49.6 Å². The van der Waals surface area contributed by atoms with Gasteiger partial charge in [-0.15, -0.1) is 0 Å². The summed E-state index contributed by atoms with van der Waals surface area (Å²) in [6, 6.07) is 0. The molecule has 0 unspecified atom stereocenters. The second-order valence-electron chi connectivity index (χ2n) is 6.06. The first-order valence-electron chi connectivity index (χ1n) is 9.15. The van der Waals surface area contributed by atoms with E-state index in [0.717, 1.165) is 11.8 Å². The van der Waals surface area contributed by atoms with Crippen molar-refractivity contribution in [1.29, 1.82) is 0 Å². The fraction of sp³-hybridized carbons (Fsp3) is 1.00. The van der Waals surface area contributed by atoms with Crippen LogP contribution in [0, 0.1) is 11.8 Å². The lowest BCUT2D eigenvalue weighted by Gasteiger charge is -2.33. The van der Waals surface area contributed by atoms with Gasteiger partial charge < -0.3 is 9.80 Å². The Kier molecular flexibility index (Phi) is 12.6. The summed E-state index contributed by atoms with van der Waals surface area (Å²) in [5.41, 5.74) is 0. The molecule has 2 fully saturated rings. The first-order valence-corrected chi connectivity index (χ1v) is 9.15. The predicted molar refractivity (Wildman–Crippen MR) is 92.4 cm³/mol. The number of nitrogens with zero attached hydrogens (tertiary/aromatic N) is 2. The standard InChI is InChI=1S/C14H28N2.2C2H6/c1-13-3-10-16(11-4-13)12-7-14-5-8-15(2)9-6-14;2*1-2/h13-14H,3-12H2,1-2H3;2*1-2H3. The summed E-state index contributed by atoms with van der Waals surface area (Å²) >= 11 is 0. The summed E-state index contributed by atoms with van der Waals surface area (Å²) in [6.45, 7) is 17.1. The maximum atomic E-state index is 2.69. The molecule has 0 aromatic rings. The van der Waals surface area contributed by atoms with Crippen LogP contribution in [0.1, 0.15) is 66.7 Å². The minimum absolute atomic E-state index is 0.972. The van der Waals surface area contributed by atoms with Crippen LogP contribution in [0.4, 0.5) is 0 Å². The smallest absolute Gasteiger partial charge is 0.00161 e. The van der Waals surface area contributed by atoms with Gasteiger partial charge >= 0.3 is 0 Å². The molecule has 0 aromatic heterocycles. The Hall–Kier alpha value is -0.0800. The predicted octanol–water partition coefficient (Wildman–Crippen LogP) is 4.50. The van der Waals surface area contributed by atoms with E-state index in [2.05, 4.69) is 23.8 Å². The minimum Gasteiger partial charge on any atom is -0.306 e. The summed E-state index contributed by atoms with van der Waals surface area (Å²) < 4.78 is 0. The Morgan fingerprint density at radius 1 is 0.800 bits per heavy atom. The van der Waals surface area contributed by atoms with Crippen LogP contribution < -0.4 is 0 Å². The van der Waals surface area contributed by atoms with Crippen molar-refractivity contribution in [2.24, 2.45) is 11.8 Å². The zero-order valence-electron chi connectivity index (χ0n) is 15.1. The van der Waals surface area contributed by atoms with Crippen molar-refractivity contribution in [2.45, 2.75) is 66.7 Å². The summed E-state index contributed by atoms with van der Waals surface area (Å²) in [5, 5.41) is 0. The highest BCUT2D eigenvalue weighted by Crippen LogP contribution is 2.22. The molecular weight excluding hydrogens is 244 g/mol. The van der Waals surface area contributed by atoms with Gasteiger partial charge in [0, 0.05) is 0 Å². The van der Waals surface area contributed by atoms with Crippen molar-refractivity contribution < 1.29 is 0 Å². The van der Waals surface area contributed by atoms with Gasteiger partial charge in [0.1, 0.15) is 0 Å². The molecule has 0 radical (unpaired) electrons. The molecule has 2 aliphatic rings. The third-order valence-corrected chi connectivity index (χ3v) is 4.57. The summed E-state index contributed by atoms with van der Waals surface area (Å²) in [6.07, 6.45) is 7.16. The molecule has 0 bridgehead atoms. The highest BCUT2D eigenvalue weighted by molar-refractivity contribution is 4.74. The van der Waals surface area contributed by atoms with E-state index in [9.17, 15) is 0 Å². The third kappa shape index (κ3) is 8.26. The quantitative estimate of drug-likeness (QED) is 0.753. The van der Waals surface area contributed by atoms with Crippen LogP contribution in [0.25, 0.3) is 0 Å². The van der Waals surface area contributed by atoms with Gasteiger partial charge in [-0.05, 0) is 83.7 Å². The summed E-state index contributed by atoms with van der Waals surface area (Å²) in [7, 11) is 2.25. The molecule has 0 aliphatic carbocycles. The summed E-state index contributed by atoms with van der Waals surface area (Å²) in [5.74, 6) is 1.98. The van der Waals surface area contributed by atoms with Crippen LogP contribution in [0.2, 0.25) is 0 Å². The van der Waals surface area contributed by atoms with Gasteiger partial charge in [-0.2, -0.15) is 0 Å². The van der Waals surface area contributed by atoms with E-state index >= 15 is 0 Å². The molecule has 2 aliphatic heterocycles. The number of hydrogen-bond acceptors (Lipinski definition) is 2. The molecular formula is C18H40N2. The lowest BCUT2D eigenvalue weighted by Crippen LogP contribution is -2.36. The fourth-order valence-electron chi connectivity index (χ4n) is 3.00. The minimum atomic E-state index is 0.972. The summed E-state index contributed by atoms with van der Waals surface area (Å²) in [4.78, 5) is 5.16. The van der Waals surface area contributed by atoms with E-state index in [1.807, 2.05) is 27.7 Å². The Bertz CT molecular complexity index is 168. The zero-order chi connectivity index (χ0) is 15.4. The maximum Gasteiger partial charge on any atom is -0.00161 e. The van der Waals surface area contributed by atoms with Crippen LogP contribution >= 0.6 is 0 Å². The van der Waals surface area contributed by atoms with Crippen molar-refractivity contribution in [1.82, 2.24) is 9.80 Å². The number of hydrogen-bond donors (Lipinski definition) is 0. The first-order chi connectivity index (χ1) is 9.74. The fourth-order valence-corrected chi connectivity index (χ4v) is 3.00. The van der Waals surface area contributed by atoms with Crippen LogP contribution in [-0.2, 0) is 0 Å². The van der Waals surface area contributed by atoms with Gasteiger partial charge in [0.05, 0.1) is 0 Å². The molecule has 20 heavy (non-hydrogen) atoms. The van der Waals surface area contributed by atoms with E-state index in [-0.39, 0.29) is 0 Å². The number of piperidine rings is 2. The van der Waals surface area contributed by atoms with Crippen LogP contribution in [0.15, 0.2) is 0 Å². The zero-order valence-corrected chi connectivity index (χ0v) is 15.1. The van der Waals surface area contributed by atoms with Crippen LogP contribution in [0.3, 0.4) is 0 Å². The molecule has 2 heterocycles. The average molecular weight is 285 g/mol. The number of rotatable bonds is 3.